The Morgan fingerprint density at radius 3 is 2.13 bits per heavy atom. The molecule has 0 saturated heterocycles. The van der Waals surface area contributed by atoms with Crippen molar-refractivity contribution in [3.05, 3.63) is 53.6 Å². The number of hydrogen-bond donors (Lipinski definition) is 0. The molecule has 0 bridgehead atoms. The fourth-order valence-corrected chi connectivity index (χ4v) is 4.19. The Labute approximate surface area is 179 Å². The highest BCUT2D eigenvalue weighted by atomic mass is 16.5. The minimum atomic E-state index is -0.434. The molecular formula is C25H23NO5. The first-order valence-corrected chi connectivity index (χ1v) is 10.3. The molecule has 31 heavy (non-hydrogen) atoms. The van der Waals surface area contributed by atoms with E-state index in [0.29, 0.717) is 29.0 Å². The number of Topliss-reactive ketones (excluding diaryl/α,β-unsaturated/α-hetero) is 1. The van der Waals surface area contributed by atoms with Crippen molar-refractivity contribution in [1.82, 2.24) is 4.40 Å². The van der Waals surface area contributed by atoms with Crippen molar-refractivity contribution in [2.24, 2.45) is 0 Å². The van der Waals surface area contributed by atoms with Crippen LogP contribution in [0.1, 0.15) is 50.0 Å². The molecule has 3 aromatic heterocycles. The van der Waals surface area contributed by atoms with E-state index >= 15 is 0 Å². The molecule has 0 radical (unpaired) electrons. The third kappa shape index (κ3) is 3.44. The Balaban J connectivity index is 2.01. The van der Waals surface area contributed by atoms with Crippen molar-refractivity contribution in [3.8, 4) is 22.6 Å². The molecule has 0 fully saturated rings. The van der Waals surface area contributed by atoms with Crippen molar-refractivity contribution in [1.29, 1.82) is 0 Å². The molecule has 0 N–H and O–H groups in total. The maximum atomic E-state index is 12.7. The second kappa shape index (κ2) is 7.87. The SMILES string of the molecule is CCC(=O)c1cc2c(-c3ccc(OC(C)=O)cc3)c(CC)c3ccc(OC(C)=O)c1n32. The van der Waals surface area contributed by atoms with Crippen LogP contribution in [0.4, 0.5) is 0 Å². The third-order valence-corrected chi connectivity index (χ3v) is 5.37. The van der Waals surface area contributed by atoms with Gasteiger partial charge in [-0.15, -0.1) is 0 Å². The molecule has 3 heterocycles. The highest BCUT2D eigenvalue weighted by Crippen LogP contribution is 2.42. The zero-order valence-corrected chi connectivity index (χ0v) is 17.9. The van der Waals surface area contributed by atoms with Crippen LogP contribution in [0.25, 0.3) is 27.7 Å². The van der Waals surface area contributed by atoms with Crippen LogP contribution in [0, 0.1) is 0 Å². The molecule has 158 valence electrons. The van der Waals surface area contributed by atoms with Gasteiger partial charge in [0.05, 0.1) is 11.0 Å². The van der Waals surface area contributed by atoms with Gasteiger partial charge in [0.2, 0.25) is 0 Å². The number of carbonyl (C=O) groups is 3. The number of pyridine rings is 1. The summed E-state index contributed by atoms with van der Waals surface area (Å²) in [7, 11) is 0. The average Bonchev–Trinajstić information content (AvgIpc) is 3.27. The van der Waals surface area contributed by atoms with Gasteiger partial charge in [0.25, 0.3) is 0 Å². The van der Waals surface area contributed by atoms with E-state index in [1.165, 1.54) is 13.8 Å². The third-order valence-electron chi connectivity index (χ3n) is 5.37. The van der Waals surface area contributed by atoms with Gasteiger partial charge < -0.3 is 13.9 Å². The molecule has 6 heteroatoms. The van der Waals surface area contributed by atoms with Crippen LogP contribution in [-0.2, 0) is 16.0 Å². The van der Waals surface area contributed by atoms with Crippen LogP contribution in [0.15, 0.2) is 42.5 Å². The summed E-state index contributed by atoms with van der Waals surface area (Å²) >= 11 is 0. The molecule has 0 atom stereocenters. The van der Waals surface area contributed by atoms with Gasteiger partial charge in [-0.1, -0.05) is 26.0 Å². The van der Waals surface area contributed by atoms with Gasteiger partial charge in [0.15, 0.2) is 11.5 Å². The van der Waals surface area contributed by atoms with E-state index in [4.69, 9.17) is 9.47 Å². The van der Waals surface area contributed by atoms with Crippen molar-refractivity contribution in [3.63, 3.8) is 0 Å². The lowest BCUT2D eigenvalue weighted by Crippen LogP contribution is -2.05. The van der Waals surface area contributed by atoms with Crippen LogP contribution in [0.2, 0.25) is 0 Å². The number of aryl methyl sites for hydroxylation is 1. The van der Waals surface area contributed by atoms with E-state index < -0.39 is 5.97 Å². The van der Waals surface area contributed by atoms with E-state index in [2.05, 4.69) is 6.92 Å². The second-order valence-electron chi connectivity index (χ2n) is 7.41. The van der Waals surface area contributed by atoms with E-state index in [0.717, 1.165) is 34.1 Å². The lowest BCUT2D eigenvalue weighted by atomic mass is 9.98. The molecule has 0 aliphatic heterocycles. The van der Waals surface area contributed by atoms with Gasteiger partial charge in [0.1, 0.15) is 11.3 Å². The van der Waals surface area contributed by atoms with Crippen LogP contribution < -0.4 is 9.47 Å². The van der Waals surface area contributed by atoms with E-state index in [1.807, 2.05) is 35.6 Å². The van der Waals surface area contributed by atoms with E-state index in [1.54, 1.807) is 18.2 Å². The van der Waals surface area contributed by atoms with Crippen LogP contribution in [0.3, 0.4) is 0 Å². The smallest absolute Gasteiger partial charge is 0.308 e. The van der Waals surface area contributed by atoms with Crippen molar-refractivity contribution >= 4 is 34.3 Å². The van der Waals surface area contributed by atoms with Crippen LogP contribution >= 0.6 is 0 Å². The monoisotopic (exact) mass is 417 g/mol. The average molecular weight is 417 g/mol. The van der Waals surface area contributed by atoms with E-state index in [-0.39, 0.29) is 11.8 Å². The fraction of sp³-hybridized carbons (Fsp3) is 0.240. The van der Waals surface area contributed by atoms with Crippen molar-refractivity contribution in [2.75, 3.05) is 0 Å². The van der Waals surface area contributed by atoms with Crippen molar-refractivity contribution in [2.45, 2.75) is 40.5 Å². The first-order valence-electron chi connectivity index (χ1n) is 10.3. The predicted octanol–water partition coefficient (Wildman–Crippen LogP) is 5.20. The minimum absolute atomic E-state index is 0.0150. The molecule has 4 aromatic rings. The second-order valence-corrected chi connectivity index (χ2v) is 7.41. The summed E-state index contributed by atoms with van der Waals surface area (Å²) in [6.07, 6.45) is 1.13. The molecule has 1 aromatic carbocycles. The number of ether oxygens (including phenoxy) is 2. The summed E-state index contributed by atoms with van der Waals surface area (Å²) in [6, 6.07) is 12.9. The quantitative estimate of drug-likeness (QED) is 0.245. The Hall–Kier alpha value is -3.67. The Morgan fingerprint density at radius 2 is 1.55 bits per heavy atom. The predicted molar refractivity (Wildman–Crippen MR) is 118 cm³/mol. The van der Waals surface area contributed by atoms with E-state index in [9.17, 15) is 14.4 Å². The topological polar surface area (TPSA) is 74.1 Å². The molecule has 4 rings (SSSR count). The number of aromatic nitrogens is 1. The highest BCUT2D eigenvalue weighted by molar-refractivity contribution is 6.10. The largest absolute Gasteiger partial charge is 0.427 e. The number of ketones is 1. The maximum absolute atomic E-state index is 12.7. The normalized spacial score (nSPS) is 11.2. The number of rotatable bonds is 6. The molecule has 0 aliphatic rings. The molecule has 0 unspecified atom stereocenters. The number of nitrogens with zero attached hydrogens (tertiary/aromatic N) is 1. The lowest BCUT2D eigenvalue weighted by Gasteiger charge is -2.08. The lowest BCUT2D eigenvalue weighted by molar-refractivity contribution is -0.132. The Kier molecular flexibility index (Phi) is 5.23. The van der Waals surface area contributed by atoms with Gasteiger partial charge in [0, 0.05) is 31.4 Å². The fourth-order valence-electron chi connectivity index (χ4n) is 4.19. The summed E-state index contributed by atoms with van der Waals surface area (Å²) in [6.45, 7) is 6.61. The molecule has 0 saturated carbocycles. The number of benzene rings is 1. The first kappa shape index (κ1) is 20.6. The first-order chi connectivity index (χ1) is 14.8. The minimum Gasteiger partial charge on any atom is -0.427 e. The summed E-state index contributed by atoms with van der Waals surface area (Å²) in [5.74, 6) is 0.0322. The molecule has 0 aliphatic carbocycles. The molecule has 0 amide bonds. The number of hydrogen-bond acceptors (Lipinski definition) is 5. The van der Waals surface area contributed by atoms with Gasteiger partial charge in [-0.3, -0.25) is 14.4 Å². The summed E-state index contributed by atoms with van der Waals surface area (Å²) in [4.78, 5) is 35.6. The van der Waals surface area contributed by atoms with Gasteiger partial charge in [-0.25, -0.2) is 0 Å². The molecular weight excluding hydrogens is 394 g/mol. The Morgan fingerprint density at radius 1 is 0.871 bits per heavy atom. The van der Waals surface area contributed by atoms with Crippen molar-refractivity contribution < 1.29 is 23.9 Å². The number of carbonyl (C=O) groups excluding carboxylic acids is 3. The summed E-state index contributed by atoms with van der Waals surface area (Å²) in [5.41, 5.74) is 6.10. The zero-order chi connectivity index (χ0) is 22.3. The van der Waals surface area contributed by atoms with Gasteiger partial charge in [-0.2, -0.15) is 0 Å². The number of esters is 2. The summed E-state index contributed by atoms with van der Waals surface area (Å²) < 4.78 is 12.6. The molecule has 0 spiro atoms. The summed E-state index contributed by atoms with van der Waals surface area (Å²) in [5, 5.41) is 0. The van der Waals surface area contributed by atoms with Crippen LogP contribution in [0.5, 0.6) is 11.5 Å². The van der Waals surface area contributed by atoms with Gasteiger partial charge in [-0.05, 0) is 47.9 Å². The standard InChI is InChI=1S/C25H23NO5/c1-5-18-20-11-12-23(31-15(4)28)25-19(22(29)6-2)13-21(26(20)25)24(18)16-7-9-17(10-8-16)30-14(3)27/h7-13H,5-6H2,1-4H3. The maximum Gasteiger partial charge on any atom is 0.308 e. The highest BCUT2D eigenvalue weighted by Gasteiger charge is 2.25. The Bertz CT molecular complexity index is 1310. The molecule has 6 nitrogen and oxygen atoms in total. The van der Waals surface area contributed by atoms with Crippen LogP contribution in [-0.4, -0.2) is 22.1 Å². The zero-order valence-electron chi connectivity index (χ0n) is 17.9. The van der Waals surface area contributed by atoms with Gasteiger partial charge >= 0.3 is 11.9 Å².